The summed E-state index contributed by atoms with van der Waals surface area (Å²) in [5.74, 6) is 0.273. The van der Waals surface area contributed by atoms with Gasteiger partial charge >= 0.3 is 0 Å². The maximum Gasteiger partial charge on any atom is 0.275 e. The fourth-order valence-electron chi connectivity index (χ4n) is 2.13. The van der Waals surface area contributed by atoms with Gasteiger partial charge in [-0.15, -0.1) is 0 Å². The number of carbonyl (C=O) groups is 1. The van der Waals surface area contributed by atoms with E-state index < -0.39 is 0 Å². The van der Waals surface area contributed by atoms with Crippen LogP contribution in [0.1, 0.15) is 10.5 Å². The van der Waals surface area contributed by atoms with Crippen LogP contribution >= 0.6 is 11.8 Å². The first kappa shape index (κ1) is 14.4. The average molecular weight is 313 g/mol. The number of benzene rings is 1. The lowest BCUT2D eigenvalue weighted by molar-refractivity contribution is 0.101. The zero-order chi connectivity index (χ0) is 15.5. The van der Waals surface area contributed by atoms with Crippen LogP contribution in [-0.2, 0) is 7.05 Å². The van der Waals surface area contributed by atoms with Gasteiger partial charge in [0.05, 0.1) is 6.20 Å². The van der Waals surface area contributed by atoms with E-state index in [-0.39, 0.29) is 5.91 Å². The second-order valence-electron chi connectivity index (χ2n) is 4.63. The molecule has 0 saturated carbocycles. The largest absolute Gasteiger partial charge is 0.304 e. The molecule has 2 aromatic heterocycles. The molecule has 0 aliphatic heterocycles. The van der Waals surface area contributed by atoms with Gasteiger partial charge in [-0.2, -0.15) is 5.10 Å². The maximum atomic E-state index is 12.5. The number of amides is 1. The highest BCUT2D eigenvalue weighted by Crippen LogP contribution is 2.22. The van der Waals surface area contributed by atoms with Crippen molar-refractivity contribution in [3.05, 3.63) is 54.5 Å². The van der Waals surface area contributed by atoms with Crippen molar-refractivity contribution < 1.29 is 4.79 Å². The standard InChI is InChI=1S/C15H15N5OS/c1-19-9-8-13(18-19)17-14(21)12-10-16-15(22-2)20(12)11-6-4-3-5-7-11/h3-10H,1-2H3,(H,17,18,21). The monoisotopic (exact) mass is 313 g/mol. The first-order valence-electron chi connectivity index (χ1n) is 6.67. The normalized spacial score (nSPS) is 10.6. The molecule has 3 rings (SSSR count). The summed E-state index contributed by atoms with van der Waals surface area (Å²) >= 11 is 1.49. The summed E-state index contributed by atoms with van der Waals surface area (Å²) in [6.45, 7) is 0. The lowest BCUT2D eigenvalue weighted by atomic mass is 10.3. The number of anilines is 1. The molecule has 0 fully saturated rings. The second kappa shape index (κ2) is 6.07. The molecule has 1 aromatic carbocycles. The maximum absolute atomic E-state index is 12.5. The number of nitrogens with zero attached hydrogens (tertiary/aromatic N) is 4. The molecule has 0 atom stereocenters. The third kappa shape index (κ3) is 2.75. The third-order valence-corrected chi connectivity index (χ3v) is 3.77. The Morgan fingerprint density at radius 1 is 1.23 bits per heavy atom. The first-order valence-corrected chi connectivity index (χ1v) is 7.89. The molecule has 0 unspecified atom stereocenters. The van der Waals surface area contributed by atoms with Crippen molar-refractivity contribution in [1.82, 2.24) is 19.3 Å². The van der Waals surface area contributed by atoms with E-state index in [0.717, 1.165) is 10.8 Å². The summed E-state index contributed by atoms with van der Waals surface area (Å²) in [4.78, 5) is 16.8. The number of aryl methyl sites for hydroxylation is 1. The molecule has 2 heterocycles. The topological polar surface area (TPSA) is 64.7 Å². The molecule has 0 saturated heterocycles. The quantitative estimate of drug-likeness (QED) is 0.752. The summed E-state index contributed by atoms with van der Waals surface area (Å²) in [6.07, 6.45) is 5.29. The Bertz CT molecular complexity index is 793. The smallest absolute Gasteiger partial charge is 0.275 e. The minimum absolute atomic E-state index is 0.240. The van der Waals surface area contributed by atoms with Gasteiger partial charge in [0, 0.05) is 25.0 Å². The highest BCUT2D eigenvalue weighted by molar-refractivity contribution is 7.98. The predicted octanol–water partition coefficient (Wildman–Crippen LogP) is 2.58. The number of nitrogens with one attached hydrogen (secondary N) is 1. The van der Waals surface area contributed by atoms with Gasteiger partial charge in [-0.05, 0) is 18.4 Å². The zero-order valence-electron chi connectivity index (χ0n) is 12.2. The van der Waals surface area contributed by atoms with E-state index in [1.807, 2.05) is 41.2 Å². The fraction of sp³-hybridized carbons (Fsp3) is 0.133. The number of hydrogen-bond donors (Lipinski definition) is 1. The van der Waals surface area contributed by atoms with Gasteiger partial charge in [-0.1, -0.05) is 30.0 Å². The van der Waals surface area contributed by atoms with Crippen molar-refractivity contribution in [2.45, 2.75) is 5.16 Å². The van der Waals surface area contributed by atoms with Crippen molar-refractivity contribution >= 4 is 23.5 Å². The molecule has 112 valence electrons. The zero-order valence-corrected chi connectivity index (χ0v) is 13.0. The Morgan fingerprint density at radius 2 is 2.00 bits per heavy atom. The van der Waals surface area contributed by atoms with Crippen LogP contribution in [0.5, 0.6) is 0 Å². The van der Waals surface area contributed by atoms with Crippen LogP contribution in [-0.4, -0.2) is 31.5 Å². The van der Waals surface area contributed by atoms with Crippen molar-refractivity contribution in [3.8, 4) is 5.69 Å². The van der Waals surface area contributed by atoms with Gasteiger partial charge in [-0.3, -0.25) is 14.0 Å². The van der Waals surface area contributed by atoms with Crippen LogP contribution in [0.25, 0.3) is 5.69 Å². The van der Waals surface area contributed by atoms with E-state index in [1.54, 1.807) is 30.2 Å². The minimum atomic E-state index is -0.240. The van der Waals surface area contributed by atoms with Gasteiger partial charge < -0.3 is 5.32 Å². The Kier molecular flexibility index (Phi) is 3.97. The second-order valence-corrected chi connectivity index (χ2v) is 5.40. The number of rotatable bonds is 4. The number of carbonyl (C=O) groups excluding carboxylic acids is 1. The summed E-state index contributed by atoms with van der Waals surface area (Å²) in [5.41, 5.74) is 1.37. The third-order valence-electron chi connectivity index (χ3n) is 3.11. The SMILES string of the molecule is CSc1ncc(C(=O)Nc2ccn(C)n2)n1-c1ccccc1. The molecule has 6 nitrogen and oxygen atoms in total. The molecule has 0 radical (unpaired) electrons. The van der Waals surface area contributed by atoms with Crippen LogP contribution in [0.15, 0.2) is 53.9 Å². The van der Waals surface area contributed by atoms with Gasteiger partial charge in [0.15, 0.2) is 11.0 Å². The minimum Gasteiger partial charge on any atom is -0.304 e. The molecular weight excluding hydrogens is 298 g/mol. The van der Waals surface area contributed by atoms with Crippen molar-refractivity contribution in [3.63, 3.8) is 0 Å². The number of thioether (sulfide) groups is 1. The summed E-state index contributed by atoms with van der Waals surface area (Å²) in [7, 11) is 1.80. The highest BCUT2D eigenvalue weighted by atomic mass is 32.2. The molecule has 0 spiro atoms. The van der Waals surface area contributed by atoms with Crippen LogP contribution in [0.2, 0.25) is 0 Å². The van der Waals surface area contributed by atoms with Crippen molar-refractivity contribution in [2.24, 2.45) is 7.05 Å². The average Bonchev–Trinajstić information content (AvgIpc) is 3.14. The number of imidazole rings is 1. The summed E-state index contributed by atoms with van der Waals surface area (Å²) < 4.78 is 3.47. The van der Waals surface area contributed by atoms with E-state index in [9.17, 15) is 4.79 Å². The number of hydrogen-bond acceptors (Lipinski definition) is 4. The molecule has 7 heteroatoms. The highest BCUT2D eigenvalue weighted by Gasteiger charge is 2.18. The molecule has 0 bridgehead atoms. The van der Waals surface area contributed by atoms with Crippen LogP contribution in [0, 0.1) is 0 Å². The Hall–Kier alpha value is -2.54. The first-order chi connectivity index (χ1) is 10.7. The van der Waals surface area contributed by atoms with Crippen molar-refractivity contribution in [1.29, 1.82) is 0 Å². The lowest BCUT2D eigenvalue weighted by Crippen LogP contribution is -2.17. The van der Waals surface area contributed by atoms with E-state index in [2.05, 4.69) is 15.4 Å². The van der Waals surface area contributed by atoms with Crippen LogP contribution < -0.4 is 5.32 Å². The van der Waals surface area contributed by atoms with Crippen molar-refractivity contribution in [2.75, 3.05) is 11.6 Å². The van der Waals surface area contributed by atoms with Crippen LogP contribution in [0.3, 0.4) is 0 Å². The van der Waals surface area contributed by atoms with E-state index >= 15 is 0 Å². The van der Waals surface area contributed by atoms with Gasteiger partial charge in [0.2, 0.25) is 0 Å². The van der Waals surface area contributed by atoms with Gasteiger partial charge in [-0.25, -0.2) is 4.98 Å². The summed E-state index contributed by atoms with van der Waals surface area (Å²) in [6, 6.07) is 11.4. The molecule has 1 amide bonds. The fourth-order valence-corrected chi connectivity index (χ4v) is 2.67. The lowest BCUT2D eigenvalue weighted by Gasteiger charge is -2.10. The van der Waals surface area contributed by atoms with Gasteiger partial charge in [0.1, 0.15) is 5.69 Å². The Labute approximate surface area is 132 Å². The molecular formula is C15H15N5OS. The molecule has 3 aromatic rings. The van der Waals surface area contributed by atoms with E-state index in [1.165, 1.54) is 11.8 Å². The molecule has 1 N–H and O–H groups in total. The molecule has 0 aliphatic carbocycles. The number of aromatic nitrogens is 4. The molecule has 22 heavy (non-hydrogen) atoms. The Balaban J connectivity index is 1.97. The number of para-hydroxylation sites is 1. The van der Waals surface area contributed by atoms with E-state index in [0.29, 0.717) is 11.5 Å². The van der Waals surface area contributed by atoms with Gasteiger partial charge in [0.25, 0.3) is 5.91 Å². The molecule has 0 aliphatic rings. The van der Waals surface area contributed by atoms with Crippen LogP contribution in [0.4, 0.5) is 5.82 Å². The summed E-state index contributed by atoms with van der Waals surface area (Å²) in [5, 5.41) is 7.70. The predicted molar refractivity (Wildman–Crippen MR) is 86.5 cm³/mol. The Morgan fingerprint density at radius 3 is 2.64 bits per heavy atom. The van der Waals surface area contributed by atoms with E-state index in [4.69, 9.17) is 0 Å².